The van der Waals surface area contributed by atoms with Gasteiger partial charge < -0.3 is 5.73 Å². The van der Waals surface area contributed by atoms with Crippen LogP contribution in [-0.4, -0.2) is 20.8 Å². The van der Waals surface area contributed by atoms with Crippen LogP contribution in [0.5, 0.6) is 0 Å². The second-order valence-electron chi connectivity index (χ2n) is 5.93. The fourth-order valence-corrected chi connectivity index (χ4v) is 3.86. The molecule has 25 heavy (non-hydrogen) atoms. The molecule has 4 aromatic rings. The molecule has 0 saturated carbocycles. The van der Waals surface area contributed by atoms with Crippen LogP contribution < -0.4 is 5.73 Å². The number of thiazole rings is 1. The first-order chi connectivity index (χ1) is 12.3. The number of aliphatic imine (C=N–C) groups is 1. The predicted molar refractivity (Wildman–Crippen MR) is 101 cm³/mol. The zero-order chi connectivity index (χ0) is 16.8. The molecule has 0 atom stereocenters. The van der Waals surface area contributed by atoms with E-state index in [1.165, 1.54) is 5.56 Å². The molecule has 0 radical (unpaired) electrons. The van der Waals surface area contributed by atoms with Crippen LogP contribution >= 0.6 is 11.3 Å². The van der Waals surface area contributed by atoms with Crippen molar-refractivity contribution in [2.45, 2.75) is 6.42 Å². The molecule has 120 valence electrons. The molecule has 3 aromatic heterocycles. The Morgan fingerprint density at radius 3 is 2.84 bits per heavy atom. The molecule has 2 N–H and O–H groups in total. The fraction of sp³-hybridized carbons (Fsp3) is 0.0526. The van der Waals surface area contributed by atoms with Gasteiger partial charge in [0.1, 0.15) is 21.2 Å². The molecule has 0 bridgehead atoms. The summed E-state index contributed by atoms with van der Waals surface area (Å²) in [5.41, 5.74) is 11.9. The highest BCUT2D eigenvalue weighted by Crippen LogP contribution is 2.35. The Balaban J connectivity index is 1.58. The Labute approximate surface area is 147 Å². The molecule has 1 aliphatic rings. The molecule has 4 heterocycles. The summed E-state index contributed by atoms with van der Waals surface area (Å²) in [6.07, 6.45) is 6.19. The number of nitrogens with two attached hydrogens (primary N) is 1. The lowest BCUT2D eigenvalue weighted by atomic mass is 10.1. The van der Waals surface area contributed by atoms with Crippen LogP contribution in [-0.2, 0) is 6.42 Å². The molecule has 0 saturated heterocycles. The molecule has 0 aliphatic carbocycles. The van der Waals surface area contributed by atoms with Crippen molar-refractivity contribution in [2.24, 2.45) is 10.7 Å². The van der Waals surface area contributed by atoms with Gasteiger partial charge in [0, 0.05) is 41.7 Å². The van der Waals surface area contributed by atoms with Crippen molar-refractivity contribution in [1.82, 2.24) is 15.0 Å². The standard InChI is InChI=1S/C19H13N5S/c20-17-8-11-3-4-12(6-15(11)23-17)18-24-16-7-14(10-22-19(16)25-18)13-2-1-5-21-9-13/h1-7,9-10H,8H2,(H2,20,23). The van der Waals surface area contributed by atoms with Crippen LogP contribution in [0.1, 0.15) is 5.56 Å². The van der Waals surface area contributed by atoms with E-state index in [0.717, 1.165) is 44.2 Å². The first kappa shape index (κ1) is 14.2. The van der Waals surface area contributed by atoms with E-state index in [9.17, 15) is 0 Å². The Hall–Kier alpha value is -3.12. The van der Waals surface area contributed by atoms with Crippen molar-refractivity contribution >= 4 is 33.2 Å². The second kappa shape index (κ2) is 5.46. The average molecular weight is 343 g/mol. The highest BCUT2D eigenvalue weighted by molar-refractivity contribution is 7.21. The summed E-state index contributed by atoms with van der Waals surface area (Å²) >= 11 is 1.58. The molecular formula is C19H13N5S. The first-order valence-electron chi connectivity index (χ1n) is 7.89. The van der Waals surface area contributed by atoms with Gasteiger partial charge >= 0.3 is 0 Å². The van der Waals surface area contributed by atoms with Gasteiger partial charge in [-0.25, -0.2) is 15.0 Å². The summed E-state index contributed by atoms with van der Waals surface area (Å²) < 4.78 is 0. The van der Waals surface area contributed by atoms with Gasteiger partial charge in [0.15, 0.2) is 0 Å². The third-order valence-electron chi connectivity index (χ3n) is 4.21. The Morgan fingerprint density at radius 1 is 1.00 bits per heavy atom. The maximum Gasteiger partial charge on any atom is 0.143 e. The van der Waals surface area contributed by atoms with Gasteiger partial charge in [0.2, 0.25) is 0 Å². The molecule has 1 aromatic carbocycles. The Bertz CT molecular complexity index is 1130. The van der Waals surface area contributed by atoms with Crippen molar-refractivity contribution in [2.75, 3.05) is 0 Å². The summed E-state index contributed by atoms with van der Waals surface area (Å²) in [4.78, 5) is 18.8. The molecule has 0 unspecified atom stereocenters. The van der Waals surface area contributed by atoms with Gasteiger partial charge in [-0.05, 0) is 23.8 Å². The minimum Gasteiger partial charge on any atom is -0.387 e. The van der Waals surface area contributed by atoms with Crippen LogP contribution in [0.3, 0.4) is 0 Å². The number of amidine groups is 1. The van der Waals surface area contributed by atoms with Crippen LogP contribution in [0.25, 0.3) is 32.0 Å². The number of hydrogen-bond donors (Lipinski definition) is 1. The lowest BCUT2D eigenvalue weighted by Crippen LogP contribution is -2.09. The normalized spacial score (nSPS) is 13.0. The van der Waals surface area contributed by atoms with Gasteiger partial charge in [-0.3, -0.25) is 4.98 Å². The number of nitrogens with zero attached hydrogens (tertiary/aromatic N) is 4. The number of benzene rings is 1. The molecule has 1 aliphatic heterocycles. The van der Waals surface area contributed by atoms with Gasteiger partial charge in [0.25, 0.3) is 0 Å². The zero-order valence-electron chi connectivity index (χ0n) is 13.2. The number of pyridine rings is 2. The Kier molecular flexibility index (Phi) is 3.11. The minimum atomic E-state index is 0.666. The highest BCUT2D eigenvalue weighted by Gasteiger charge is 2.15. The highest BCUT2D eigenvalue weighted by atomic mass is 32.1. The summed E-state index contributed by atoms with van der Waals surface area (Å²) in [6, 6.07) is 12.2. The number of fused-ring (bicyclic) bond motifs is 2. The van der Waals surface area contributed by atoms with E-state index in [2.05, 4.69) is 39.2 Å². The van der Waals surface area contributed by atoms with Gasteiger partial charge in [0.05, 0.1) is 5.69 Å². The number of rotatable bonds is 2. The Morgan fingerprint density at radius 2 is 1.96 bits per heavy atom. The fourth-order valence-electron chi connectivity index (χ4n) is 2.98. The largest absolute Gasteiger partial charge is 0.387 e. The van der Waals surface area contributed by atoms with Crippen molar-refractivity contribution in [3.05, 3.63) is 60.6 Å². The summed E-state index contributed by atoms with van der Waals surface area (Å²) in [6.45, 7) is 0. The summed E-state index contributed by atoms with van der Waals surface area (Å²) in [5, 5.41) is 0.939. The molecule has 0 spiro atoms. The van der Waals surface area contributed by atoms with E-state index >= 15 is 0 Å². The topological polar surface area (TPSA) is 77.0 Å². The third-order valence-corrected chi connectivity index (χ3v) is 5.24. The van der Waals surface area contributed by atoms with Gasteiger partial charge in [-0.2, -0.15) is 0 Å². The van der Waals surface area contributed by atoms with E-state index in [0.29, 0.717) is 5.84 Å². The van der Waals surface area contributed by atoms with E-state index < -0.39 is 0 Å². The van der Waals surface area contributed by atoms with Crippen LogP contribution in [0, 0.1) is 0 Å². The van der Waals surface area contributed by atoms with Crippen molar-refractivity contribution in [3.8, 4) is 21.7 Å². The average Bonchev–Trinajstić information content (AvgIpc) is 3.23. The zero-order valence-corrected chi connectivity index (χ0v) is 14.0. The predicted octanol–water partition coefficient (Wildman–Crippen LogP) is 3.97. The molecule has 0 fully saturated rings. The van der Waals surface area contributed by atoms with E-state index in [4.69, 9.17) is 10.7 Å². The van der Waals surface area contributed by atoms with E-state index in [1.807, 2.05) is 24.5 Å². The minimum absolute atomic E-state index is 0.666. The SMILES string of the molecule is NC1=Nc2cc(-c3nc4cc(-c5cccnc5)cnc4s3)ccc2C1. The second-order valence-corrected chi connectivity index (χ2v) is 6.91. The molecule has 6 heteroatoms. The maximum atomic E-state index is 5.83. The maximum absolute atomic E-state index is 5.83. The first-order valence-corrected chi connectivity index (χ1v) is 8.71. The van der Waals surface area contributed by atoms with Crippen LogP contribution in [0.15, 0.2) is 60.0 Å². The van der Waals surface area contributed by atoms with E-state index in [-0.39, 0.29) is 0 Å². The molecule has 5 nitrogen and oxygen atoms in total. The molecule has 0 amide bonds. The van der Waals surface area contributed by atoms with Crippen molar-refractivity contribution in [3.63, 3.8) is 0 Å². The lowest BCUT2D eigenvalue weighted by molar-refractivity contribution is 1.32. The molecular weight excluding hydrogens is 330 g/mol. The van der Waals surface area contributed by atoms with Crippen LogP contribution in [0.2, 0.25) is 0 Å². The quantitative estimate of drug-likeness (QED) is 0.597. The van der Waals surface area contributed by atoms with Gasteiger partial charge in [-0.15, -0.1) is 0 Å². The van der Waals surface area contributed by atoms with Crippen LogP contribution in [0.4, 0.5) is 5.69 Å². The van der Waals surface area contributed by atoms with Crippen molar-refractivity contribution in [1.29, 1.82) is 0 Å². The molecule has 5 rings (SSSR count). The lowest BCUT2D eigenvalue weighted by Gasteiger charge is -1.99. The monoisotopic (exact) mass is 343 g/mol. The third kappa shape index (κ3) is 2.47. The van der Waals surface area contributed by atoms with Gasteiger partial charge in [-0.1, -0.05) is 29.5 Å². The smallest absolute Gasteiger partial charge is 0.143 e. The van der Waals surface area contributed by atoms with Crippen molar-refractivity contribution < 1.29 is 0 Å². The summed E-state index contributed by atoms with van der Waals surface area (Å²) in [5.74, 6) is 0.666. The number of aromatic nitrogens is 3. The summed E-state index contributed by atoms with van der Waals surface area (Å²) in [7, 11) is 0. The number of hydrogen-bond acceptors (Lipinski definition) is 6. The van der Waals surface area contributed by atoms with E-state index in [1.54, 1.807) is 17.5 Å².